The highest BCUT2D eigenvalue weighted by Crippen LogP contribution is 2.35. The average Bonchev–Trinajstić information content (AvgIpc) is 2.60. The van der Waals surface area contributed by atoms with Crippen LogP contribution >= 0.6 is 0 Å². The fourth-order valence-electron chi connectivity index (χ4n) is 1.47. The minimum Gasteiger partial charge on any atom is -0.454 e. The zero-order valence-electron chi connectivity index (χ0n) is 9.04. The smallest absolute Gasteiger partial charge is 0.231 e. The summed E-state index contributed by atoms with van der Waals surface area (Å²) in [5, 5.41) is 3.32. The van der Waals surface area contributed by atoms with E-state index in [2.05, 4.69) is 19.2 Å². The van der Waals surface area contributed by atoms with Gasteiger partial charge in [-0.2, -0.15) is 0 Å². The zero-order chi connectivity index (χ0) is 10.8. The van der Waals surface area contributed by atoms with Gasteiger partial charge in [0.15, 0.2) is 11.5 Å². The molecule has 0 fully saturated rings. The summed E-state index contributed by atoms with van der Waals surface area (Å²) in [4.78, 5) is 0. The van der Waals surface area contributed by atoms with Crippen molar-refractivity contribution in [2.45, 2.75) is 26.4 Å². The van der Waals surface area contributed by atoms with Crippen molar-refractivity contribution < 1.29 is 9.47 Å². The molecule has 82 valence electrons. The largest absolute Gasteiger partial charge is 0.454 e. The maximum absolute atomic E-state index is 5.90. The van der Waals surface area contributed by atoms with Gasteiger partial charge in [0, 0.05) is 24.3 Å². The van der Waals surface area contributed by atoms with Crippen LogP contribution in [0.15, 0.2) is 12.1 Å². The molecule has 1 aliphatic heterocycles. The topological polar surface area (TPSA) is 56.5 Å². The normalized spacial score (nSPS) is 13.5. The van der Waals surface area contributed by atoms with Gasteiger partial charge in [0.2, 0.25) is 6.79 Å². The van der Waals surface area contributed by atoms with E-state index in [9.17, 15) is 0 Å². The van der Waals surface area contributed by atoms with E-state index in [1.807, 2.05) is 12.1 Å². The van der Waals surface area contributed by atoms with Gasteiger partial charge in [-0.25, -0.2) is 0 Å². The van der Waals surface area contributed by atoms with Crippen LogP contribution in [-0.2, 0) is 6.54 Å². The van der Waals surface area contributed by atoms with Crippen molar-refractivity contribution >= 4 is 5.69 Å². The standard InChI is InChI=1S/C11H16N2O2/c1-7(2)13-5-8-3-10-11(4-9(8)12)15-6-14-10/h3-4,7,13H,5-6,12H2,1-2H3. The fraction of sp³-hybridized carbons (Fsp3) is 0.455. The lowest BCUT2D eigenvalue weighted by atomic mass is 10.1. The predicted octanol–water partition coefficient (Wildman–Crippen LogP) is 1.50. The van der Waals surface area contributed by atoms with Crippen molar-refractivity contribution in [3.63, 3.8) is 0 Å². The molecule has 4 nitrogen and oxygen atoms in total. The Hall–Kier alpha value is -1.42. The van der Waals surface area contributed by atoms with Crippen LogP contribution in [-0.4, -0.2) is 12.8 Å². The minimum atomic E-state index is 0.288. The number of nitrogen functional groups attached to an aromatic ring is 1. The average molecular weight is 208 g/mol. The van der Waals surface area contributed by atoms with Crippen molar-refractivity contribution in [1.82, 2.24) is 5.32 Å². The lowest BCUT2D eigenvalue weighted by Crippen LogP contribution is -2.22. The van der Waals surface area contributed by atoms with Gasteiger partial charge in [0.25, 0.3) is 0 Å². The predicted molar refractivity (Wildman–Crippen MR) is 59.0 cm³/mol. The van der Waals surface area contributed by atoms with E-state index >= 15 is 0 Å². The van der Waals surface area contributed by atoms with Gasteiger partial charge in [0.1, 0.15) is 0 Å². The molecule has 0 radical (unpaired) electrons. The molecule has 1 aliphatic rings. The summed E-state index contributed by atoms with van der Waals surface area (Å²) in [5.74, 6) is 1.52. The number of benzene rings is 1. The summed E-state index contributed by atoms with van der Waals surface area (Å²) >= 11 is 0. The highest BCUT2D eigenvalue weighted by atomic mass is 16.7. The van der Waals surface area contributed by atoms with E-state index < -0.39 is 0 Å². The van der Waals surface area contributed by atoms with Crippen LogP contribution in [0.3, 0.4) is 0 Å². The summed E-state index contributed by atoms with van der Waals surface area (Å²) < 4.78 is 10.5. The molecule has 1 aromatic rings. The quantitative estimate of drug-likeness (QED) is 0.739. The second-order valence-electron chi connectivity index (χ2n) is 3.94. The van der Waals surface area contributed by atoms with Crippen LogP contribution in [0.25, 0.3) is 0 Å². The number of fused-ring (bicyclic) bond motifs is 1. The van der Waals surface area contributed by atoms with Crippen molar-refractivity contribution in [2.24, 2.45) is 0 Å². The van der Waals surface area contributed by atoms with Gasteiger partial charge < -0.3 is 20.5 Å². The van der Waals surface area contributed by atoms with Crippen molar-refractivity contribution in [3.05, 3.63) is 17.7 Å². The molecule has 2 rings (SSSR count). The lowest BCUT2D eigenvalue weighted by Gasteiger charge is -2.10. The van der Waals surface area contributed by atoms with Gasteiger partial charge in [0.05, 0.1) is 0 Å². The van der Waals surface area contributed by atoms with Gasteiger partial charge in [-0.3, -0.25) is 0 Å². The number of hydrogen-bond donors (Lipinski definition) is 2. The van der Waals surface area contributed by atoms with Crippen LogP contribution < -0.4 is 20.5 Å². The SMILES string of the molecule is CC(C)NCc1cc2c(cc1N)OCO2. The molecule has 3 N–H and O–H groups in total. The first-order valence-electron chi connectivity index (χ1n) is 5.08. The van der Waals surface area contributed by atoms with E-state index in [-0.39, 0.29) is 6.79 Å². The maximum atomic E-state index is 5.90. The molecule has 0 saturated heterocycles. The second kappa shape index (κ2) is 3.98. The molecule has 0 saturated carbocycles. The molecule has 1 heterocycles. The third-order valence-corrected chi connectivity index (χ3v) is 2.34. The highest BCUT2D eigenvalue weighted by Gasteiger charge is 2.15. The summed E-state index contributed by atoms with van der Waals surface area (Å²) in [7, 11) is 0. The molecule has 0 bridgehead atoms. The van der Waals surface area contributed by atoms with Crippen LogP contribution in [0.5, 0.6) is 11.5 Å². The Morgan fingerprint density at radius 3 is 2.67 bits per heavy atom. The highest BCUT2D eigenvalue weighted by molar-refractivity contribution is 5.58. The Morgan fingerprint density at radius 2 is 2.00 bits per heavy atom. The molecule has 0 amide bonds. The van der Waals surface area contributed by atoms with Crippen LogP contribution in [0.4, 0.5) is 5.69 Å². The fourth-order valence-corrected chi connectivity index (χ4v) is 1.47. The first kappa shape index (κ1) is 10.1. The minimum absolute atomic E-state index is 0.288. The summed E-state index contributed by atoms with van der Waals surface area (Å²) in [6, 6.07) is 4.20. The third-order valence-electron chi connectivity index (χ3n) is 2.34. The first-order chi connectivity index (χ1) is 7.16. The number of nitrogens with one attached hydrogen (secondary N) is 1. The molecular formula is C11H16N2O2. The van der Waals surface area contributed by atoms with Crippen molar-refractivity contribution in [2.75, 3.05) is 12.5 Å². The summed E-state index contributed by atoms with van der Waals surface area (Å²) in [6.45, 7) is 5.24. The van der Waals surface area contributed by atoms with E-state index in [0.29, 0.717) is 6.04 Å². The lowest BCUT2D eigenvalue weighted by molar-refractivity contribution is 0.174. The Bertz CT molecular complexity index is 364. The molecular weight excluding hydrogens is 192 g/mol. The van der Waals surface area contributed by atoms with Crippen molar-refractivity contribution in [3.8, 4) is 11.5 Å². The van der Waals surface area contributed by atoms with E-state index in [1.165, 1.54) is 0 Å². The van der Waals surface area contributed by atoms with Gasteiger partial charge in [-0.15, -0.1) is 0 Å². The summed E-state index contributed by atoms with van der Waals surface area (Å²) in [5.41, 5.74) is 7.70. The van der Waals surface area contributed by atoms with Gasteiger partial charge >= 0.3 is 0 Å². The summed E-state index contributed by atoms with van der Waals surface area (Å²) in [6.07, 6.45) is 0. The van der Waals surface area contributed by atoms with Crippen LogP contribution in [0, 0.1) is 0 Å². The second-order valence-corrected chi connectivity index (χ2v) is 3.94. The molecule has 15 heavy (non-hydrogen) atoms. The number of rotatable bonds is 3. The number of ether oxygens (including phenoxy) is 2. The van der Waals surface area contributed by atoms with E-state index in [1.54, 1.807) is 0 Å². The van der Waals surface area contributed by atoms with Crippen LogP contribution in [0.2, 0.25) is 0 Å². The number of nitrogens with two attached hydrogens (primary N) is 1. The Balaban J connectivity index is 2.17. The van der Waals surface area contributed by atoms with Gasteiger partial charge in [-0.1, -0.05) is 13.8 Å². The molecule has 0 aromatic heterocycles. The Kier molecular flexibility index (Phi) is 2.68. The molecule has 1 aromatic carbocycles. The molecule has 0 aliphatic carbocycles. The zero-order valence-corrected chi connectivity index (χ0v) is 9.04. The molecule has 0 spiro atoms. The Morgan fingerprint density at radius 1 is 1.33 bits per heavy atom. The molecule has 4 heteroatoms. The van der Waals surface area contributed by atoms with Crippen molar-refractivity contribution in [1.29, 1.82) is 0 Å². The van der Waals surface area contributed by atoms with E-state index in [0.717, 1.165) is 29.3 Å². The van der Waals surface area contributed by atoms with Gasteiger partial charge in [-0.05, 0) is 11.6 Å². The molecule has 0 atom stereocenters. The van der Waals surface area contributed by atoms with Crippen LogP contribution in [0.1, 0.15) is 19.4 Å². The Labute approximate surface area is 89.4 Å². The monoisotopic (exact) mass is 208 g/mol. The third kappa shape index (κ3) is 2.15. The first-order valence-corrected chi connectivity index (χ1v) is 5.08. The number of anilines is 1. The van der Waals surface area contributed by atoms with E-state index in [4.69, 9.17) is 15.2 Å². The maximum Gasteiger partial charge on any atom is 0.231 e. The number of hydrogen-bond acceptors (Lipinski definition) is 4. The molecule has 0 unspecified atom stereocenters.